The third-order valence-corrected chi connectivity index (χ3v) is 6.52. The van der Waals surface area contributed by atoms with E-state index in [0.717, 1.165) is 55.2 Å². The van der Waals surface area contributed by atoms with Crippen molar-refractivity contribution in [3.8, 4) is 17.1 Å². The van der Waals surface area contributed by atoms with Gasteiger partial charge in [-0.15, -0.1) is 0 Å². The van der Waals surface area contributed by atoms with Gasteiger partial charge in [0, 0.05) is 36.9 Å². The summed E-state index contributed by atoms with van der Waals surface area (Å²) in [5.41, 5.74) is 2.35. The predicted molar refractivity (Wildman–Crippen MR) is 105 cm³/mol. The van der Waals surface area contributed by atoms with Crippen molar-refractivity contribution < 1.29 is 14.0 Å². The summed E-state index contributed by atoms with van der Waals surface area (Å²) in [4.78, 5) is 0. The number of benzene rings is 1. The van der Waals surface area contributed by atoms with E-state index in [1.54, 1.807) is 7.11 Å². The highest BCUT2D eigenvalue weighted by Crippen LogP contribution is 2.48. The molecular formula is C22H30N2O3. The van der Waals surface area contributed by atoms with E-state index in [0.29, 0.717) is 18.0 Å². The van der Waals surface area contributed by atoms with Crippen molar-refractivity contribution in [2.24, 2.45) is 11.3 Å². The third kappa shape index (κ3) is 3.90. The first-order valence-electron chi connectivity index (χ1n) is 10.00. The molecule has 5 nitrogen and oxygen atoms in total. The summed E-state index contributed by atoms with van der Waals surface area (Å²) in [7, 11) is 1.67. The minimum Gasteiger partial charge on any atom is -0.497 e. The maximum atomic E-state index is 5.59. The van der Waals surface area contributed by atoms with Gasteiger partial charge in [0.05, 0.1) is 12.8 Å². The number of nitrogens with one attached hydrogen (secondary N) is 1. The number of ether oxygens (including phenoxy) is 2. The average Bonchev–Trinajstić information content (AvgIpc) is 3.17. The van der Waals surface area contributed by atoms with Crippen molar-refractivity contribution >= 4 is 0 Å². The molecule has 2 heterocycles. The largest absolute Gasteiger partial charge is 0.497 e. The Balaban J connectivity index is 1.35. The van der Waals surface area contributed by atoms with Crippen LogP contribution < -0.4 is 10.1 Å². The van der Waals surface area contributed by atoms with E-state index >= 15 is 0 Å². The summed E-state index contributed by atoms with van der Waals surface area (Å²) in [5.74, 6) is 2.29. The monoisotopic (exact) mass is 370 g/mol. The van der Waals surface area contributed by atoms with E-state index in [1.807, 2.05) is 24.3 Å². The van der Waals surface area contributed by atoms with Gasteiger partial charge in [-0.25, -0.2) is 0 Å². The molecule has 1 N–H and O–H groups in total. The average molecular weight is 370 g/mol. The molecule has 2 aliphatic rings. The van der Waals surface area contributed by atoms with Crippen molar-refractivity contribution in [1.82, 2.24) is 10.5 Å². The van der Waals surface area contributed by atoms with Crippen molar-refractivity contribution in [3.05, 3.63) is 36.0 Å². The highest BCUT2D eigenvalue weighted by Gasteiger charge is 2.48. The van der Waals surface area contributed by atoms with Crippen molar-refractivity contribution in [1.29, 1.82) is 0 Å². The van der Waals surface area contributed by atoms with Crippen molar-refractivity contribution in [3.63, 3.8) is 0 Å². The molecule has 1 aromatic heterocycles. The highest BCUT2D eigenvalue weighted by atomic mass is 16.5. The van der Waals surface area contributed by atoms with Gasteiger partial charge >= 0.3 is 0 Å². The standard InChI is InChI=1S/C22H30N2O3/c1-22(2)16(13-21(22)23-17-8-10-26-11-9-17)12-18-14-20(27-24-18)15-4-6-19(25-3)7-5-15/h4-7,14,16-17,21,23H,8-13H2,1-3H3/t16-,21+/m1/s1. The quantitative estimate of drug-likeness (QED) is 0.830. The van der Waals surface area contributed by atoms with Gasteiger partial charge in [0.1, 0.15) is 5.75 Å². The van der Waals surface area contributed by atoms with Crippen LogP contribution in [0.3, 0.4) is 0 Å². The molecule has 1 aliphatic heterocycles. The maximum Gasteiger partial charge on any atom is 0.167 e. The molecule has 1 saturated heterocycles. The van der Waals surface area contributed by atoms with Crippen LogP contribution in [0.5, 0.6) is 5.75 Å². The minimum atomic E-state index is 0.275. The SMILES string of the molecule is COc1ccc(-c2cc(C[C@@H]3C[C@H](NC4CCOCC4)C3(C)C)no2)cc1. The van der Waals surface area contributed by atoms with Crippen LogP contribution in [0.4, 0.5) is 0 Å². The second-order valence-corrected chi connectivity index (χ2v) is 8.48. The summed E-state index contributed by atoms with van der Waals surface area (Å²) < 4.78 is 16.3. The topological polar surface area (TPSA) is 56.5 Å². The van der Waals surface area contributed by atoms with Gasteiger partial charge in [-0.05, 0) is 61.3 Å². The molecule has 2 atom stereocenters. The molecule has 0 amide bonds. The zero-order valence-electron chi connectivity index (χ0n) is 16.5. The summed E-state index contributed by atoms with van der Waals surface area (Å²) in [6.45, 7) is 6.54. The Morgan fingerprint density at radius 1 is 1.19 bits per heavy atom. The Morgan fingerprint density at radius 2 is 1.93 bits per heavy atom. The van der Waals surface area contributed by atoms with E-state index in [9.17, 15) is 0 Å². The number of aromatic nitrogens is 1. The highest BCUT2D eigenvalue weighted by molar-refractivity contribution is 5.58. The van der Waals surface area contributed by atoms with E-state index in [1.165, 1.54) is 6.42 Å². The Hall–Kier alpha value is -1.85. The fourth-order valence-corrected chi connectivity index (χ4v) is 4.35. The summed E-state index contributed by atoms with van der Waals surface area (Å²) in [6, 6.07) is 11.2. The van der Waals surface area contributed by atoms with Crippen LogP contribution in [0.15, 0.2) is 34.9 Å². The van der Waals surface area contributed by atoms with Gasteiger partial charge in [-0.2, -0.15) is 0 Å². The molecule has 146 valence electrons. The number of methoxy groups -OCH3 is 1. The van der Waals surface area contributed by atoms with Crippen molar-refractivity contribution in [2.45, 2.75) is 51.6 Å². The lowest BCUT2D eigenvalue weighted by Crippen LogP contribution is -2.60. The summed E-state index contributed by atoms with van der Waals surface area (Å²) in [6.07, 6.45) is 4.44. The van der Waals surface area contributed by atoms with Crippen LogP contribution in [0.1, 0.15) is 38.8 Å². The fraction of sp³-hybridized carbons (Fsp3) is 0.591. The number of nitrogens with zero attached hydrogens (tertiary/aromatic N) is 1. The molecule has 2 fully saturated rings. The van der Waals surface area contributed by atoms with Gasteiger partial charge in [-0.1, -0.05) is 19.0 Å². The van der Waals surface area contributed by atoms with Crippen LogP contribution in [-0.2, 0) is 11.2 Å². The molecule has 0 radical (unpaired) electrons. The normalized spacial score (nSPS) is 25.1. The van der Waals surface area contributed by atoms with Crippen LogP contribution in [0.25, 0.3) is 11.3 Å². The molecule has 0 spiro atoms. The molecule has 4 rings (SSSR count). The second-order valence-electron chi connectivity index (χ2n) is 8.48. The van der Waals surface area contributed by atoms with E-state index in [2.05, 4.69) is 30.4 Å². The van der Waals surface area contributed by atoms with Crippen LogP contribution in [0, 0.1) is 11.3 Å². The first-order valence-corrected chi connectivity index (χ1v) is 10.00. The molecule has 0 unspecified atom stereocenters. The van der Waals surface area contributed by atoms with Crippen LogP contribution in [-0.4, -0.2) is 37.6 Å². The van der Waals surface area contributed by atoms with Crippen LogP contribution >= 0.6 is 0 Å². The van der Waals surface area contributed by atoms with E-state index in [4.69, 9.17) is 14.0 Å². The zero-order chi connectivity index (χ0) is 18.9. The molecule has 1 aliphatic carbocycles. The van der Waals surface area contributed by atoms with Crippen LogP contribution in [0.2, 0.25) is 0 Å². The van der Waals surface area contributed by atoms with Gasteiger partial charge in [0.15, 0.2) is 5.76 Å². The van der Waals surface area contributed by atoms with Gasteiger partial charge in [0.2, 0.25) is 0 Å². The summed E-state index contributed by atoms with van der Waals surface area (Å²) in [5, 5.41) is 8.19. The molecule has 27 heavy (non-hydrogen) atoms. The first-order chi connectivity index (χ1) is 13.1. The molecule has 1 aromatic carbocycles. The predicted octanol–water partition coefficient (Wildman–Crippen LogP) is 4.08. The Kier molecular flexibility index (Phi) is 5.24. The number of rotatable bonds is 6. The van der Waals surface area contributed by atoms with E-state index in [-0.39, 0.29) is 5.41 Å². The molecule has 1 saturated carbocycles. The van der Waals surface area contributed by atoms with E-state index < -0.39 is 0 Å². The van der Waals surface area contributed by atoms with Gasteiger partial charge < -0.3 is 19.3 Å². The number of hydrogen-bond donors (Lipinski definition) is 1. The molecular weight excluding hydrogens is 340 g/mol. The minimum absolute atomic E-state index is 0.275. The second kappa shape index (κ2) is 7.64. The zero-order valence-corrected chi connectivity index (χ0v) is 16.5. The maximum absolute atomic E-state index is 5.59. The molecule has 5 heteroatoms. The first kappa shape index (κ1) is 18.5. The molecule has 2 aromatic rings. The fourth-order valence-electron chi connectivity index (χ4n) is 4.35. The van der Waals surface area contributed by atoms with Gasteiger partial charge in [0.25, 0.3) is 0 Å². The summed E-state index contributed by atoms with van der Waals surface area (Å²) >= 11 is 0. The Bertz CT molecular complexity index is 747. The van der Waals surface area contributed by atoms with Crippen molar-refractivity contribution in [2.75, 3.05) is 20.3 Å². The lowest BCUT2D eigenvalue weighted by atomic mass is 9.57. The Morgan fingerprint density at radius 3 is 2.59 bits per heavy atom. The molecule has 0 bridgehead atoms. The Labute approximate surface area is 161 Å². The lowest BCUT2D eigenvalue weighted by molar-refractivity contribution is -0.00756. The third-order valence-electron chi connectivity index (χ3n) is 6.52. The smallest absolute Gasteiger partial charge is 0.167 e. The van der Waals surface area contributed by atoms with Gasteiger partial charge in [-0.3, -0.25) is 0 Å². The lowest BCUT2D eigenvalue weighted by Gasteiger charge is -2.54. The number of hydrogen-bond acceptors (Lipinski definition) is 5.